The molecule has 0 radical (unpaired) electrons. The van der Waals surface area contributed by atoms with E-state index < -0.39 is 0 Å². The van der Waals surface area contributed by atoms with Gasteiger partial charge in [-0.2, -0.15) is 0 Å². The minimum Gasteiger partial charge on any atom is -0.389 e. The summed E-state index contributed by atoms with van der Waals surface area (Å²) in [5.74, 6) is 0. The third-order valence-electron chi connectivity index (χ3n) is 3.94. The van der Waals surface area contributed by atoms with Gasteiger partial charge in [0.25, 0.3) is 0 Å². The standard InChI is InChI=1S/C17H18N2S/c1-12-10-15-4-2-3-5-16(15)19(12)11-13-6-8-14(9-7-13)17(18)20/h2-9,12H,10-11H2,1H3,(H2,18,20). The summed E-state index contributed by atoms with van der Waals surface area (Å²) < 4.78 is 0. The Morgan fingerprint density at radius 1 is 1.20 bits per heavy atom. The summed E-state index contributed by atoms with van der Waals surface area (Å²) in [6.07, 6.45) is 1.13. The molecule has 0 saturated carbocycles. The second-order valence-corrected chi connectivity index (χ2v) is 5.81. The molecule has 3 heteroatoms. The first-order chi connectivity index (χ1) is 9.65. The number of benzene rings is 2. The van der Waals surface area contributed by atoms with Gasteiger partial charge in [-0.25, -0.2) is 0 Å². The first-order valence-corrected chi connectivity index (χ1v) is 7.29. The monoisotopic (exact) mass is 282 g/mol. The Morgan fingerprint density at radius 2 is 1.90 bits per heavy atom. The van der Waals surface area contributed by atoms with Gasteiger partial charge in [0, 0.05) is 23.8 Å². The summed E-state index contributed by atoms with van der Waals surface area (Å²) in [6.45, 7) is 3.21. The summed E-state index contributed by atoms with van der Waals surface area (Å²) in [7, 11) is 0. The Labute approximate surface area is 125 Å². The molecule has 1 unspecified atom stereocenters. The smallest absolute Gasteiger partial charge is 0.103 e. The van der Waals surface area contributed by atoms with E-state index in [9.17, 15) is 0 Å². The summed E-state index contributed by atoms with van der Waals surface area (Å²) in [5, 5.41) is 0. The number of anilines is 1. The lowest BCUT2D eigenvalue weighted by Gasteiger charge is -2.25. The molecule has 1 heterocycles. The lowest BCUT2D eigenvalue weighted by atomic mass is 10.1. The molecule has 0 saturated heterocycles. The van der Waals surface area contributed by atoms with Gasteiger partial charge in [-0.3, -0.25) is 0 Å². The lowest BCUT2D eigenvalue weighted by Crippen LogP contribution is -2.28. The van der Waals surface area contributed by atoms with Crippen molar-refractivity contribution in [1.29, 1.82) is 0 Å². The van der Waals surface area contributed by atoms with Gasteiger partial charge >= 0.3 is 0 Å². The molecule has 20 heavy (non-hydrogen) atoms. The van der Waals surface area contributed by atoms with Crippen LogP contribution in [0.2, 0.25) is 0 Å². The van der Waals surface area contributed by atoms with Crippen LogP contribution in [0, 0.1) is 0 Å². The van der Waals surface area contributed by atoms with Gasteiger partial charge in [0.15, 0.2) is 0 Å². The average Bonchev–Trinajstić information content (AvgIpc) is 2.76. The van der Waals surface area contributed by atoms with Crippen LogP contribution >= 0.6 is 12.2 Å². The van der Waals surface area contributed by atoms with Crippen LogP contribution in [0.1, 0.15) is 23.6 Å². The fourth-order valence-corrected chi connectivity index (χ4v) is 2.98. The molecule has 0 amide bonds. The summed E-state index contributed by atoms with van der Waals surface area (Å²) >= 11 is 4.99. The van der Waals surface area contributed by atoms with Crippen LogP contribution < -0.4 is 10.6 Å². The number of hydrogen-bond acceptors (Lipinski definition) is 2. The third kappa shape index (κ3) is 2.41. The van der Waals surface area contributed by atoms with Gasteiger partial charge in [0.1, 0.15) is 4.99 Å². The molecule has 1 aliphatic rings. The number of thiocarbonyl (C=S) groups is 1. The highest BCUT2D eigenvalue weighted by atomic mass is 32.1. The van der Waals surface area contributed by atoms with Gasteiger partial charge in [-0.1, -0.05) is 54.7 Å². The summed E-state index contributed by atoms with van der Waals surface area (Å²) in [6, 6.07) is 17.4. The molecule has 2 N–H and O–H groups in total. The minimum absolute atomic E-state index is 0.455. The minimum atomic E-state index is 0.455. The highest BCUT2D eigenvalue weighted by Gasteiger charge is 2.25. The normalized spacial score (nSPS) is 17.1. The van der Waals surface area contributed by atoms with Crippen LogP contribution in [0.4, 0.5) is 5.69 Å². The average molecular weight is 282 g/mol. The number of nitrogens with zero attached hydrogens (tertiary/aromatic N) is 1. The van der Waals surface area contributed by atoms with Crippen molar-refractivity contribution in [2.24, 2.45) is 5.73 Å². The molecule has 2 nitrogen and oxygen atoms in total. The quantitative estimate of drug-likeness (QED) is 0.876. The van der Waals surface area contributed by atoms with E-state index in [-0.39, 0.29) is 0 Å². The number of rotatable bonds is 3. The lowest BCUT2D eigenvalue weighted by molar-refractivity contribution is 0.672. The van der Waals surface area contributed by atoms with E-state index >= 15 is 0 Å². The van der Waals surface area contributed by atoms with Crippen molar-refractivity contribution in [3.8, 4) is 0 Å². The largest absolute Gasteiger partial charge is 0.389 e. The van der Waals surface area contributed by atoms with Crippen molar-refractivity contribution in [3.05, 3.63) is 65.2 Å². The molecule has 3 rings (SSSR count). The molecule has 102 valence electrons. The van der Waals surface area contributed by atoms with E-state index in [1.165, 1.54) is 16.8 Å². The van der Waals surface area contributed by atoms with Crippen molar-refractivity contribution in [2.45, 2.75) is 25.9 Å². The maximum absolute atomic E-state index is 5.63. The maximum Gasteiger partial charge on any atom is 0.103 e. The Morgan fingerprint density at radius 3 is 2.60 bits per heavy atom. The van der Waals surface area contributed by atoms with Crippen LogP contribution in [-0.2, 0) is 13.0 Å². The van der Waals surface area contributed by atoms with Gasteiger partial charge in [-0.05, 0) is 30.5 Å². The number of hydrogen-bond donors (Lipinski definition) is 1. The van der Waals surface area contributed by atoms with Crippen LogP contribution in [0.3, 0.4) is 0 Å². The summed E-state index contributed by atoms with van der Waals surface area (Å²) in [5.41, 5.74) is 10.7. The molecule has 0 fully saturated rings. The zero-order valence-electron chi connectivity index (χ0n) is 11.5. The molecule has 2 aromatic rings. The molecule has 0 aromatic heterocycles. The number of fused-ring (bicyclic) bond motifs is 1. The van der Waals surface area contributed by atoms with E-state index in [1.807, 2.05) is 12.1 Å². The fourth-order valence-electron chi connectivity index (χ4n) is 2.84. The highest BCUT2D eigenvalue weighted by molar-refractivity contribution is 7.80. The van der Waals surface area contributed by atoms with Crippen molar-refractivity contribution >= 4 is 22.9 Å². The van der Waals surface area contributed by atoms with Crippen LogP contribution in [0.15, 0.2) is 48.5 Å². The fraction of sp³-hybridized carbons (Fsp3) is 0.235. The Kier molecular flexibility index (Phi) is 3.45. The van der Waals surface area contributed by atoms with Crippen LogP contribution in [-0.4, -0.2) is 11.0 Å². The van der Waals surface area contributed by atoms with E-state index in [4.69, 9.17) is 18.0 Å². The Bertz CT molecular complexity index is 634. The molecule has 1 atom stereocenters. The molecule has 0 aliphatic carbocycles. The molecular weight excluding hydrogens is 264 g/mol. The number of para-hydroxylation sites is 1. The topological polar surface area (TPSA) is 29.3 Å². The zero-order valence-corrected chi connectivity index (χ0v) is 12.4. The van der Waals surface area contributed by atoms with Crippen LogP contribution in [0.5, 0.6) is 0 Å². The molecular formula is C17H18N2S. The van der Waals surface area contributed by atoms with Crippen molar-refractivity contribution in [3.63, 3.8) is 0 Å². The van der Waals surface area contributed by atoms with E-state index in [1.54, 1.807) is 0 Å². The van der Waals surface area contributed by atoms with Gasteiger partial charge in [0.2, 0.25) is 0 Å². The Balaban J connectivity index is 1.82. The van der Waals surface area contributed by atoms with Gasteiger partial charge in [0.05, 0.1) is 0 Å². The van der Waals surface area contributed by atoms with Crippen LogP contribution in [0.25, 0.3) is 0 Å². The highest BCUT2D eigenvalue weighted by Crippen LogP contribution is 2.32. The second kappa shape index (κ2) is 5.25. The molecule has 2 aromatic carbocycles. The summed E-state index contributed by atoms with van der Waals surface area (Å²) in [4.78, 5) is 2.92. The second-order valence-electron chi connectivity index (χ2n) is 5.37. The van der Waals surface area contributed by atoms with Gasteiger partial charge in [-0.15, -0.1) is 0 Å². The predicted octanol–water partition coefficient (Wildman–Crippen LogP) is 3.27. The first kappa shape index (κ1) is 13.1. The number of nitrogens with two attached hydrogens (primary N) is 1. The third-order valence-corrected chi connectivity index (χ3v) is 4.18. The predicted molar refractivity (Wildman–Crippen MR) is 88.1 cm³/mol. The molecule has 1 aliphatic heterocycles. The molecule has 0 bridgehead atoms. The zero-order chi connectivity index (χ0) is 14.1. The van der Waals surface area contributed by atoms with E-state index in [2.05, 4.69) is 48.2 Å². The van der Waals surface area contributed by atoms with E-state index in [0.29, 0.717) is 11.0 Å². The van der Waals surface area contributed by atoms with Gasteiger partial charge < -0.3 is 10.6 Å². The van der Waals surface area contributed by atoms with Crippen molar-refractivity contribution < 1.29 is 0 Å². The Hall–Kier alpha value is -1.87. The first-order valence-electron chi connectivity index (χ1n) is 6.88. The van der Waals surface area contributed by atoms with E-state index in [0.717, 1.165) is 18.5 Å². The molecule has 0 spiro atoms. The SMILES string of the molecule is CC1Cc2ccccc2N1Cc1ccc(C(N)=S)cc1. The van der Waals surface area contributed by atoms with Crippen molar-refractivity contribution in [1.82, 2.24) is 0 Å². The van der Waals surface area contributed by atoms with Crippen molar-refractivity contribution in [2.75, 3.05) is 4.90 Å². The maximum atomic E-state index is 5.63.